The Labute approximate surface area is 177 Å². The molecular formula is C21H30N2O5S. The van der Waals surface area contributed by atoms with Crippen LogP contribution in [0.15, 0.2) is 12.3 Å². The lowest BCUT2D eigenvalue weighted by atomic mass is 9.88. The van der Waals surface area contributed by atoms with Crippen LogP contribution in [0.4, 0.5) is 0 Å². The fraction of sp³-hybridized carbons (Fsp3) is 0.619. The lowest BCUT2D eigenvalue weighted by molar-refractivity contribution is -0.153. The van der Waals surface area contributed by atoms with E-state index in [-0.39, 0.29) is 28.5 Å². The molecule has 0 amide bonds. The highest BCUT2D eigenvalue weighted by Crippen LogP contribution is 2.34. The SMILES string of the molecule is COc1ccnc(C(=S)N[C@@H](C)C(=O)OC(C)[C@H](C)C2CCCC2)c1OC(C)=O. The molecule has 0 radical (unpaired) electrons. The number of methoxy groups -OCH3 is 1. The number of carbonyl (C=O) groups excluding carboxylic acids is 2. The average molecular weight is 423 g/mol. The monoisotopic (exact) mass is 422 g/mol. The second-order valence-electron chi connectivity index (χ2n) is 7.53. The summed E-state index contributed by atoms with van der Waals surface area (Å²) >= 11 is 5.39. The van der Waals surface area contributed by atoms with Crippen LogP contribution in [-0.2, 0) is 14.3 Å². The number of carbonyl (C=O) groups is 2. The van der Waals surface area contributed by atoms with E-state index in [0.29, 0.717) is 17.6 Å². The van der Waals surface area contributed by atoms with Crippen molar-refractivity contribution in [1.82, 2.24) is 10.3 Å². The van der Waals surface area contributed by atoms with E-state index in [9.17, 15) is 9.59 Å². The molecule has 1 aromatic heterocycles. The molecule has 3 atom stereocenters. The van der Waals surface area contributed by atoms with Crippen molar-refractivity contribution in [3.63, 3.8) is 0 Å². The van der Waals surface area contributed by atoms with Crippen LogP contribution >= 0.6 is 12.2 Å². The maximum Gasteiger partial charge on any atom is 0.328 e. The molecular weight excluding hydrogens is 392 g/mol. The molecule has 1 N–H and O–H groups in total. The van der Waals surface area contributed by atoms with E-state index < -0.39 is 12.0 Å². The van der Waals surface area contributed by atoms with Gasteiger partial charge in [0.25, 0.3) is 0 Å². The lowest BCUT2D eigenvalue weighted by Crippen LogP contribution is -2.41. The van der Waals surface area contributed by atoms with Crippen molar-refractivity contribution >= 4 is 29.1 Å². The Kier molecular flexibility index (Phi) is 8.37. The highest BCUT2D eigenvalue weighted by atomic mass is 32.1. The molecule has 1 aromatic rings. The van der Waals surface area contributed by atoms with Crippen LogP contribution in [-0.4, -0.2) is 41.2 Å². The summed E-state index contributed by atoms with van der Waals surface area (Å²) in [5, 5.41) is 2.92. The summed E-state index contributed by atoms with van der Waals surface area (Å²) in [5.41, 5.74) is 0.224. The molecule has 1 heterocycles. The number of aromatic nitrogens is 1. The molecule has 7 nitrogen and oxygen atoms in total. The summed E-state index contributed by atoms with van der Waals surface area (Å²) in [6, 6.07) is 0.882. The third-order valence-electron chi connectivity index (χ3n) is 5.44. The quantitative estimate of drug-likeness (QED) is 0.504. The van der Waals surface area contributed by atoms with Gasteiger partial charge in [-0.15, -0.1) is 0 Å². The van der Waals surface area contributed by atoms with Gasteiger partial charge in [-0.2, -0.15) is 0 Å². The first-order valence-electron chi connectivity index (χ1n) is 9.97. The van der Waals surface area contributed by atoms with Crippen molar-refractivity contribution in [1.29, 1.82) is 0 Å². The van der Waals surface area contributed by atoms with Gasteiger partial charge in [0.1, 0.15) is 22.8 Å². The molecule has 0 aromatic carbocycles. The normalized spacial score (nSPS) is 17.1. The smallest absolute Gasteiger partial charge is 0.328 e. The third-order valence-corrected chi connectivity index (χ3v) is 5.75. The Morgan fingerprint density at radius 1 is 1.24 bits per heavy atom. The van der Waals surface area contributed by atoms with Crippen LogP contribution in [0.2, 0.25) is 0 Å². The Bertz CT molecular complexity index is 749. The van der Waals surface area contributed by atoms with Gasteiger partial charge in [0.15, 0.2) is 5.75 Å². The number of nitrogens with zero attached hydrogens (tertiary/aromatic N) is 1. The maximum absolute atomic E-state index is 12.6. The largest absolute Gasteiger partial charge is 0.493 e. The van der Waals surface area contributed by atoms with E-state index in [1.54, 1.807) is 13.0 Å². The molecule has 0 aliphatic heterocycles. The third kappa shape index (κ3) is 6.13. The van der Waals surface area contributed by atoms with Crippen LogP contribution in [0.3, 0.4) is 0 Å². The molecule has 0 spiro atoms. The zero-order valence-electron chi connectivity index (χ0n) is 17.7. The van der Waals surface area contributed by atoms with Gasteiger partial charge < -0.3 is 19.5 Å². The highest BCUT2D eigenvalue weighted by molar-refractivity contribution is 7.80. The number of nitrogens with one attached hydrogen (secondary N) is 1. The predicted molar refractivity (Wildman–Crippen MR) is 113 cm³/mol. The number of hydrogen-bond donors (Lipinski definition) is 1. The summed E-state index contributed by atoms with van der Waals surface area (Å²) in [7, 11) is 1.45. The topological polar surface area (TPSA) is 86.8 Å². The van der Waals surface area contributed by atoms with E-state index in [1.165, 1.54) is 45.9 Å². The predicted octanol–water partition coefficient (Wildman–Crippen LogP) is 3.43. The first kappa shape index (κ1) is 23.1. The van der Waals surface area contributed by atoms with Crippen molar-refractivity contribution < 1.29 is 23.8 Å². The first-order chi connectivity index (χ1) is 13.7. The lowest BCUT2D eigenvalue weighted by Gasteiger charge is -2.27. The van der Waals surface area contributed by atoms with Gasteiger partial charge >= 0.3 is 11.9 Å². The fourth-order valence-corrected chi connectivity index (χ4v) is 3.90. The van der Waals surface area contributed by atoms with Crippen molar-refractivity contribution in [3.8, 4) is 11.5 Å². The van der Waals surface area contributed by atoms with Gasteiger partial charge in [-0.3, -0.25) is 4.79 Å². The van der Waals surface area contributed by atoms with E-state index in [4.69, 9.17) is 26.4 Å². The van der Waals surface area contributed by atoms with Crippen molar-refractivity contribution in [2.45, 2.75) is 65.5 Å². The summed E-state index contributed by atoms with van der Waals surface area (Å²) in [6.45, 7) is 7.03. The van der Waals surface area contributed by atoms with E-state index >= 15 is 0 Å². The summed E-state index contributed by atoms with van der Waals surface area (Å²) < 4.78 is 16.1. The van der Waals surface area contributed by atoms with E-state index in [1.807, 2.05) is 6.92 Å². The minimum absolute atomic E-state index is 0.115. The van der Waals surface area contributed by atoms with Gasteiger partial charge in [0, 0.05) is 19.2 Å². The molecule has 2 rings (SSSR count). The van der Waals surface area contributed by atoms with Crippen LogP contribution in [0.25, 0.3) is 0 Å². The minimum atomic E-state index is -0.682. The van der Waals surface area contributed by atoms with Gasteiger partial charge in [-0.1, -0.05) is 44.8 Å². The molecule has 0 saturated heterocycles. The molecule has 1 aliphatic carbocycles. The van der Waals surface area contributed by atoms with Gasteiger partial charge in [-0.25, -0.2) is 9.78 Å². The molecule has 1 aliphatic rings. The standard InChI is InChI=1S/C21H30N2O5S/c1-12(16-8-6-7-9-16)14(3)27-21(25)13(2)23-20(29)18-19(28-15(4)24)17(26-5)10-11-22-18/h10-14,16H,6-9H2,1-5H3,(H,23,29)/t12-,13-,14?/m0/s1. The summed E-state index contributed by atoms with van der Waals surface area (Å²) in [6.07, 6.45) is 6.21. The van der Waals surface area contributed by atoms with E-state index in [0.717, 1.165) is 0 Å². The average Bonchev–Trinajstić information content (AvgIpc) is 3.21. The molecule has 1 unspecified atom stereocenters. The number of ether oxygens (including phenoxy) is 3. The van der Waals surface area contributed by atoms with Crippen molar-refractivity contribution in [2.24, 2.45) is 11.8 Å². The number of hydrogen-bond acceptors (Lipinski definition) is 7. The Balaban J connectivity index is 2.02. The molecule has 8 heteroatoms. The van der Waals surface area contributed by atoms with Crippen LogP contribution in [0, 0.1) is 11.8 Å². The van der Waals surface area contributed by atoms with Gasteiger partial charge in [0.05, 0.1) is 7.11 Å². The molecule has 160 valence electrons. The Morgan fingerprint density at radius 2 is 1.90 bits per heavy atom. The molecule has 1 saturated carbocycles. The second kappa shape index (κ2) is 10.5. The number of esters is 2. The minimum Gasteiger partial charge on any atom is -0.493 e. The van der Waals surface area contributed by atoms with Crippen LogP contribution in [0.5, 0.6) is 11.5 Å². The molecule has 0 bridgehead atoms. The maximum atomic E-state index is 12.6. The zero-order chi connectivity index (χ0) is 21.6. The van der Waals surface area contributed by atoms with E-state index in [2.05, 4.69) is 17.2 Å². The highest BCUT2D eigenvalue weighted by Gasteiger charge is 2.29. The number of rotatable bonds is 8. The fourth-order valence-electron chi connectivity index (χ4n) is 3.58. The van der Waals surface area contributed by atoms with Gasteiger partial charge in [-0.05, 0) is 25.7 Å². The summed E-state index contributed by atoms with van der Waals surface area (Å²) in [5.74, 6) is 0.446. The second-order valence-corrected chi connectivity index (χ2v) is 7.93. The van der Waals surface area contributed by atoms with Crippen LogP contribution < -0.4 is 14.8 Å². The number of thiocarbonyl (C=S) groups is 1. The van der Waals surface area contributed by atoms with Crippen molar-refractivity contribution in [2.75, 3.05) is 7.11 Å². The Morgan fingerprint density at radius 3 is 2.48 bits per heavy atom. The van der Waals surface area contributed by atoms with Crippen molar-refractivity contribution in [3.05, 3.63) is 18.0 Å². The zero-order valence-corrected chi connectivity index (χ0v) is 18.5. The first-order valence-corrected chi connectivity index (χ1v) is 10.4. The molecule has 29 heavy (non-hydrogen) atoms. The molecule has 1 fully saturated rings. The Hall–Kier alpha value is -2.22. The summed E-state index contributed by atoms with van der Waals surface area (Å²) in [4.78, 5) is 28.3. The number of pyridine rings is 1. The van der Waals surface area contributed by atoms with Crippen LogP contribution in [0.1, 0.15) is 59.1 Å². The van der Waals surface area contributed by atoms with Gasteiger partial charge in [0.2, 0.25) is 5.75 Å².